The van der Waals surface area contributed by atoms with Gasteiger partial charge in [0.1, 0.15) is 0 Å². The molecular formula is C12H16N2S. The normalized spacial score (nSPS) is 15.1. The van der Waals surface area contributed by atoms with Crippen LogP contribution in [0, 0.1) is 6.92 Å². The van der Waals surface area contributed by atoms with E-state index >= 15 is 0 Å². The largest absolute Gasteiger partial charge is 0.365 e. The number of aryl methyl sites for hydroxylation is 1. The molecule has 0 spiro atoms. The monoisotopic (exact) mass is 220 g/mol. The molecule has 2 rings (SSSR count). The van der Waals surface area contributed by atoms with E-state index in [0.717, 1.165) is 30.4 Å². The van der Waals surface area contributed by atoms with Crippen molar-refractivity contribution in [2.45, 2.75) is 13.3 Å². The SMILES string of the molecule is Cc1ccccc1CCNC1=NCCS1. The van der Waals surface area contributed by atoms with E-state index in [2.05, 4.69) is 41.5 Å². The Hall–Kier alpha value is -0.960. The number of nitrogens with one attached hydrogen (secondary N) is 1. The van der Waals surface area contributed by atoms with Gasteiger partial charge in [-0.1, -0.05) is 36.0 Å². The molecule has 1 N–H and O–H groups in total. The Kier molecular flexibility index (Phi) is 3.67. The van der Waals surface area contributed by atoms with Gasteiger partial charge in [-0.2, -0.15) is 0 Å². The van der Waals surface area contributed by atoms with Crippen LogP contribution < -0.4 is 5.32 Å². The lowest BCUT2D eigenvalue weighted by molar-refractivity contribution is 0.867. The Morgan fingerprint density at radius 3 is 3.00 bits per heavy atom. The molecule has 0 bridgehead atoms. The summed E-state index contributed by atoms with van der Waals surface area (Å²) in [6.45, 7) is 4.12. The highest BCUT2D eigenvalue weighted by Crippen LogP contribution is 2.10. The van der Waals surface area contributed by atoms with Gasteiger partial charge in [0.25, 0.3) is 0 Å². The average Bonchev–Trinajstić information content (AvgIpc) is 2.74. The van der Waals surface area contributed by atoms with Gasteiger partial charge in [-0.3, -0.25) is 4.99 Å². The van der Waals surface area contributed by atoms with E-state index in [1.807, 2.05) is 11.8 Å². The van der Waals surface area contributed by atoms with Crippen molar-refractivity contribution >= 4 is 16.9 Å². The first-order valence-electron chi connectivity index (χ1n) is 5.32. The predicted octanol–water partition coefficient (Wildman–Crippen LogP) is 2.23. The molecule has 0 radical (unpaired) electrons. The lowest BCUT2D eigenvalue weighted by Crippen LogP contribution is -2.21. The zero-order chi connectivity index (χ0) is 10.5. The maximum absolute atomic E-state index is 4.36. The van der Waals surface area contributed by atoms with Crippen LogP contribution in [0.2, 0.25) is 0 Å². The minimum atomic E-state index is 0.970. The number of thioether (sulfide) groups is 1. The topological polar surface area (TPSA) is 24.4 Å². The first-order chi connectivity index (χ1) is 7.36. The molecule has 1 aromatic carbocycles. The van der Waals surface area contributed by atoms with Crippen molar-refractivity contribution in [2.24, 2.45) is 4.99 Å². The summed E-state index contributed by atoms with van der Waals surface area (Å²) in [7, 11) is 0. The highest BCUT2D eigenvalue weighted by atomic mass is 32.2. The molecule has 0 saturated heterocycles. The number of aliphatic imine (C=N–C) groups is 1. The molecule has 2 nitrogen and oxygen atoms in total. The quantitative estimate of drug-likeness (QED) is 0.844. The summed E-state index contributed by atoms with van der Waals surface area (Å²) in [6, 6.07) is 8.55. The fourth-order valence-electron chi connectivity index (χ4n) is 1.64. The van der Waals surface area contributed by atoms with E-state index in [4.69, 9.17) is 0 Å². The Morgan fingerprint density at radius 2 is 2.27 bits per heavy atom. The van der Waals surface area contributed by atoms with Gasteiger partial charge < -0.3 is 5.32 Å². The van der Waals surface area contributed by atoms with Crippen LogP contribution in [0.1, 0.15) is 11.1 Å². The number of hydrogen-bond donors (Lipinski definition) is 1. The molecule has 1 aliphatic heterocycles. The van der Waals surface area contributed by atoms with Gasteiger partial charge in [-0.05, 0) is 24.5 Å². The smallest absolute Gasteiger partial charge is 0.156 e. The van der Waals surface area contributed by atoms with Gasteiger partial charge in [-0.25, -0.2) is 0 Å². The van der Waals surface area contributed by atoms with Crippen LogP contribution in [-0.4, -0.2) is 24.0 Å². The molecule has 15 heavy (non-hydrogen) atoms. The molecule has 1 heterocycles. The Balaban J connectivity index is 1.80. The van der Waals surface area contributed by atoms with Crippen molar-refractivity contribution in [2.75, 3.05) is 18.8 Å². The molecule has 0 atom stereocenters. The number of rotatable bonds is 3. The van der Waals surface area contributed by atoms with Crippen LogP contribution in [0.5, 0.6) is 0 Å². The van der Waals surface area contributed by atoms with E-state index < -0.39 is 0 Å². The molecular weight excluding hydrogens is 204 g/mol. The highest BCUT2D eigenvalue weighted by Gasteiger charge is 2.05. The lowest BCUT2D eigenvalue weighted by atomic mass is 10.1. The van der Waals surface area contributed by atoms with Gasteiger partial charge in [0.05, 0.1) is 6.54 Å². The van der Waals surface area contributed by atoms with Crippen LogP contribution in [0.15, 0.2) is 29.3 Å². The fraction of sp³-hybridized carbons (Fsp3) is 0.417. The molecule has 0 amide bonds. The lowest BCUT2D eigenvalue weighted by Gasteiger charge is -2.07. The Labute approximate surface area is 95.2 Å². The molecule has 0 fully saturated rings. The van der Waals surface area contributed by atoms with Crippen molar-refractivity contribution in [1.82, 2.24) is 5.32 Å². The number of amidine groups is 1. The summed E-state index contributed by atoms with van der Waals surface area (Å²) < 4.78 is 0. The minimum Gasteiger partial charge on any atom is -0.365 e. The molecule has 1 aliphatic rings. The van der Waals surface area contributed by atoms with Crippen molar-refractivity contribution in [3.05, 3.63) is 35.4 Å². The third-order valence-electron chi connectivity index (χ3n) is 2.52. The number of benzene rings is 1. The molecule has 0 aliphatic carbocycles. The summed E-state index contributed by atoms with van der Waals surface area (Å²) in [5.74, 6) is 1.13. The summed E-state index contributed by atoms with van der Waals surface area (Å²) in [5.41, 5.74) is 2.80. The van der Waals surface area contributed by atoms with E-state index in [1.165, 1.54) is 11.1 Å². The van der Waals surface area contributed by atoms with E-state index in [0.29, 0.717) is 0 Å². The van der Waals surface area contributed by atoms with Crippen molar-refractivity contribution in [1.29, 1.82) is 0 Å². The van der Waals surface area contributed by atoms with Gasteiger partial charge in [0.15, 0.2) is 5.17 Å². The van der Waals surface area contributed by atoms with Gasteiger partial charge in [0.2, 0.25) is 0 Å². The summed E-state index contributed by atoms with van der Waals surface area (Å²) in [4.78, 5) is 4.36. The maximum Gasteiger partial charge on any atom is 0.156 e. The first-order valence-corrected chi connectivity index (χ1v) is 6.30. The zero-order valence-electron chi connectivity index (χ0n) is 8.99. The molecule has 3 heteroatoms. The van der Waals surface area contributed by atoms with Gasteiger partial charge >= 0.3 is 0 Å². The first kappa shape index (κ1) is 10.6. The van der Waals surface area contributed by atoms with Crippen molar-refractivity contribution < 1.29 is 0 Å². The summed E-state index contributed by atoms with van der Waals surface area (Å²) >= 11 is 1.82. The number of hydrogen-bond acceptors (Lipinski definition) is 3. The fourth-order valence-corrected chi connectivity index (χ4v) is 2.40. The second-order valence-corrected chi connectivity index (χ2v) is 4.72. The van der Waals surface area contributed by atoms with Crippen LogP contribution in [0.25, 0.3) is 0 Å². The van der Waals surface area contributed by atoms with Crippen LogP contribution in [-0.2, 0) is 6.42 Å². The van der Waals surface area contributed by atoms with Crippen LogP contribution in [0.3, 0.4) is 0 Å². The summed E-state index contributed by atoms with van der Waals surface area (Å²) in [6.07, 6.45) is 1.08. The van der Waals surface area contributed by atoms with E-state index in [9.17, 15) is 0 Å². The molecule has 80 valence electrons. The standard InChI is InChI=1S/C12H16N2S/c1-10-4-2-3-5-11(10)6-7-13-12-14-8-9-15-12/h2-5H,6-9H2,1H3,(H,13,14). The van der Waals surface area contributed by atoms with Gasteiger partial charge in [0, 0.05) is 12.3 Å². The third-order valence-corrected chi connectivity index (χ3v) is 3.45. The van der Waals surface area contributed by atoms with E-state index in [-0.39, 0.29) is 0 Å². The molecule has 1 aromatic rings. The second kappa shape index (κ2) is 5.21. The molecule has 0 aromatic heterocycles. The number of nitrogens with zero attached hydrogens (tertiary/aromatic N) is 1. The third kappa shape index (κ3) is 2.99. The van der Waals surface area contributed by atoms with Crippen LogP contribution >= 0.6 is 11.8 Å². The minimum absolute atomic E-state index is 0.970. The second-order valence-electron chi connectivity index (χ2n) is 3.64. The molecule has 0 saturated carbocycles. The zero-order valence-corrected chi connectivity index (χ0v) is 9.81. The Morgan fingerprint density at radius 1 is 1.40 bits per heavy atom. The average molecular weight is 220 g/mol. The van der Waals surface area contributed by atoms with E-state index in [1.54, 1.807) is 0 Å². The van der Waals surface area contributed by atoms with Gasteiger partial charge in [-0.15, -0.1) is 0 Å². The van der Waals surface area contributed by atoms with Crippen molar-refractivity contribution in [3.63, 3.8) is 0 Å². The molecule has 0 unspecified atom stereocenters. The van der Waals surface area contributed by atoms with Crippen molar-refractivity contribution in [3.8, 4) is 0 Å². The van der Waals surface area contributed by atoms with Crippen LogP contribution in [0.4, 0.5) is 0 Å². The highest BCUT2D eigenvalue weighted by molar-refractivity contribution is 8.14. The predicted molar refractivity (Wildman–Crippen MR) is 67.6 cm³/mol. The maximum atomic E-state index is 4.36. The summed E-state index contributed by atoms with van der Waals surface area (Å²) in [5, 5.41) is 4.48. The Bertz CT molecular complexity index is 360.